The summed E-state index contributed by atoms with van der Waals surface area (Å²) in [5.74, 6) is -0.309. The molecule has 1 aromatic rings. The van der Waals surface area contributed by atoms with Crippen LogP contribution < -0.4 is 5.48 Å². The minimum Gasteiger partial charge on any atom is -0.370 e. The molecule has 18 heavy (non-hydrogen) atoms. The lowest BCUT2D eigenvalue weighted by atomic mass is 10.1. The molecule has 0 aliphatic carbocycles. The van der Waals surface area contributed by atoms with Gasteiger partial charge in [0.1, 0.15) is 0 Å². The summed E-state index contributed by atoms with van der Waals surface area (Å²) in [6.45, 7) is 3.89. The van der Waals surface area contributed by atoms with Crippen LogP contribution in [0.2, 0.25) is 0 Å². The molecule has 0 saturated carbocycles. The molecule has 0 aromatic heterocycles. The molecular formula is C12H16N2O4. The van der Waals surface area contributed by atoms with Crippen molar-refractivity contribution in [3.8, 4) is 0 Å². The van der Waals surface area contributed by atoms with Gasteiger partial charge in [0.05, 0.1) is 11.5 Å². The Morgan fingerprint density at radius 1 is 1.50 bits per heavy atom. The van der Waals surface area contributed by atoms with Crippen molar-refractivity contribution in [3.63, 3.8) is 0 Å². The maximum atomic E-state index is 11.1. The van der Waals surface area contributed by atoms with Crippen LogP contribution in [0.4, 0.5) is 5.69 Å². The first-order chi connectivity index (χ1) is 8.54. The summed E-state index contributed by atoms with van der Waals surface area (Å²) < 4.78 is 0. The van der Waals surface area contributed by atoms with Crippen LogP contribution in [0, 0.1) is 17.0 Å². The Morgan fingerprint density at radius 3 is 2.78 bits per heavy atom. The number of carbonyl (C=O) groups excluding carboxylic acids is 1. The van der Waals surface area contributed by atoms with E-state index in [2.05, 4.69) is 5.48 Å². The highest BCUT2D eigenvalue weighted by Gasteiger charge is 2.10. The number of rotatable bonds is 6. The third kappa shape index (κ3) is 4.14. The molecule has 0 aliphatic rings. The highest BCUT2D eigenvalue weighted by molar-refractivity contribution is 5.68. The SMILES string of the molecule is CCCC(=O)ONCc1ccc([N+](=O)[O-])c(C)c1. The van der Waals surface area contributed by atoms with E-state index < -0.39 is 4.92 Å². The second kappa shape index (κ2) is 6.70. The van der Waals surface area contributed by atoms with Gasteiger partial charge in [-0.05, 0) is 25.0 Å². The van der Waals surface area contributed by atoms with Gasteiger partial charge in [0.25, 0.3) is 5.69 Å². The van der Waals surface area contributed by atoms with Crippen molar-refractivity contribution in [2.75, 3.05) is 0 Å². The highest BCUT2D eigenvalue weighted by atomic mass is 16.7. The summed E-state index contributed by atoms with van der Waals surface area (Å²) in [6.07, 6.45) is 1.10. The molecule has 0 amide bonds. The van der Waals surface area contributed by atoms with Gasteiger partial charge in [-0.25, -0.2) is 0 Å². The molecule has 0 saturated heterocycles. The van der Waals surface area contributed by atoms with E-state index >= 15 is 0 Å². The number of nitrogens with zero attached hydrogens (tertiary/aromatic N) is 1. The van der Waals surface area contributed by atoms with Gasteiger partial charge in [-0.1, -0.05) is 13.0 Å². The van der Waals surface area contributed by atoms with Gasteiger partial charge in [0, 0.05) is 18.1 Å². The van der Waals surface area contributed by atoms with Crippen molar-refractivity contribution in [3.05, 3.63) is 39.4 Å². The van der Waals surface area contributed by atoms with Crippen LogP contribution >= 0.6 is 0 Å². The molecule has 6 nitrogen and oxygen atoms in total. The molecule has 0 radical (unpaired) electrons. The summed E-state index contributed by atoms with van der Waals surface area (Å²) in [5, 5.41) is 10.6. The second-order valence-corrected chi connectivity index (χ2v) is 3.92. The summed E-state index contributed by atoms with van der Waals surface area (Å²) in [6, 6.07) is 4.77. The fourth-order valence-electron chi connectivity index (χ4n) is 1.49. The Labute approximate surface area is 105 Å². The quantitative estimate of drug-likeness (QED) is 0.620. The monoisotopic (exact) mass is 252 g/mol. The van der Waals surface area contributed by atoms with E-state index in [0.717, 1.165) is 12.0 Å². The van der Waals surface area contributed by atoms with Gasteiger partial charge in [-0.3, -0.25) is 14.9 Å². The van der Waals surface area contributed by atoms with Crippen molar-refractivity contribution in [1.29, 1.82) is 0 Å². The van der Waals surface area contributed by atoms with Crippen LogP contribution in [-0.2, 0) is 16.2 Å². The second-order valence-electron chi connectivity index (χ2n) is 3.92. The Balaban J connectivity index is 2.51. The van der Waals surface area contributed by atoms with Crippen molar-refractivity contribution in [2.45, 2.75) is 33.2 Å². The lowest BCUT2D eigenvalue weighted by molar-refractivity contribution is -0.385. The summed E-state index contributed by atoms with van der Waals surface area (Å²) in [4.78, 5) is 26.1. The average Bonchev–Trinajstić information content (AvgIpc) is 2.29. The van der Waals surface area contributed by atoms with Crippen LogP contribution in [0.3, 0.4) is 0 Å². The Hall–Kier alpha value is -1.95. The fraction of sp³-hybridized carbons (Fsp3) is 0.417. The lowest BCUT2D eigenvalue weighted by Gasteiger charge is -2.06. The lowest BCUT2D eigenvalue weighted by Crippen LogP contribution is -2.19. The van der Waals surface area contributed by atoms with Crippen molar-refractivity contribution >= 4 is 11.7 Å². The molecule has 0 aliphatic heterocycles. The predicted molar refractivity (Wildman–Crippen MR) is 65.7 cm³/mol. The van der Waals surface area contributed by atoms with Crippen molar-refractivity contribution < 1.29 is 14.6 Å². The van der Waals surface area contributed by atoms with Crippen LogP contribution in [0.5, 0.6) is 0 Å². The minimum atomic E-state index is -0.423. The summed E-state index contributed by atoms with van der Waals surface area (Å²) in [5.41, 5.74) is 4.03. The number of hydrogen-bond donors (Lipinski definition) is 1. The molecular weight excluding hydrogens is 236 g/mol. The minimum absolute atomic E-state index is 0.0849. The van der Waals surface area contributed by atoms with Crippen LogP contribution in [0.15, 0.2) is 18.2 Å². The average molecular weight is 252 g/mol. The van der Waals surface area contributed by atoms with Crippen LogP contribution in [0.1, 0.15) is 30.9 Å². The first-order valence-corrected chi connectivity index (χ1v) is 5.71. The molecule has 1 N–H and O–H groups in total. The Kier molecular flexibility index (Phi) is 5.26. The molecule has 0 bridgehead atoms. The molecule has 0 spiro atoms. The molecule has 0 atom stereocenters. The van der Waals surface area contributed by atoms with Crippen molar-refractivity contribution in [1.82, 2.24) is 5.48 Å². The molecule has 1 rings (SSSR count). The van der Waals surface area contributed by atoms with Crippen molar-refractivity contribution in [2.24, 2.45) is 0 Å². The van der Waals surface area contributed by atoms with Gasteiger partial charge in [-0.2, -0.15) is 0 Å². The standard InChI is InChI=1S/C12H16N2O4/c1-3-4-12(15)18-13-8-10-5-6-11(14(16)17)9(2)7-10/h5-7,13H,3-4,8H2,1-2H3. The third-order valence-corrected chi connectivity index (χ3v) is 2.37. The van der Waals surface area contributed by atoms with E-state index in [-0.39, 0.29) is 11.7 Å². The van der Waals surface area contributed by atoms with E-state index in [1.165, 1.54) is 6.07 Å². The number of carbonyl (C=O) groups is 1. The Morgan fingerprint density at radius 2 is 2.22 bits per heavy atom. The van der Waals surface area contributed by atoms with Gasteiger partial charge in [-0.15, -0.1) is 5.48 Å². The number of nitrogens with one attached hydrogen (secondary N) is 1. The number of nitro groups is 1. The molecule has 0 fully saturated rings. The first kappa shape index (κ1) is 14.1. The smallest absolute Gasteiger partial charge is 0.324 e. The zero-order chi connectivity index (χ0) is 13.5. The third-order valence-electron chi connectivity index (χ3n) is 2.37. The van der Waals surface area contributed by atoms with Gasteiger partial charge < -0.3 is 4.84 Å². The number of aryl methyl sites for hydroxylation is 1. The molecule has 98 valence electrons. The molecule has 0 heterocycles. The number of hydrogen-bond acceptors (Lipinski definition) is 5. The fourth-order valence-corrected chi connectivity index (χ4v) is 1.49. The topological polar surface area (TPSA) is 81.5 Å². The summed E-state index contributed by atoms with van der Waals surface area (Å²) in [7, 11) is 0. The van der Waals surface area contributed by atoms with Gasteiger partial charge in [0.2, 0.25) is 0 Å². The van der Waals surface area contributed by atoms with Gasteiger partial charge in [0.15, 0.2) is 0 Å². The zero-order valence-corrected chi connectivity index (χ0v) is 10.4. The van der Waals surface area contributed by atoms with Crippen LogP contribution in [-0.4, -0.2) is 10.9 Å². The molecule has 1 aromatic carbocycles. The highest BCUT2D eigenvalue weighted by Crippen LogP contribution is 2.18. The normalized spacial score (nSPS) is 10.1. The predicted octanol–water partition coefficient (Wildman–Crippen LogP) is 2.25. The van der Waals surface area contributed by atoms with Crippen LogP contribution in [0.25, 0.3) is 0 Å². The number of hydroxylamine groups is 1. The molecule has 0 unspecified atom stereocenters. The van der Waals surface area contributed by atoms with E-state index in [9.17, 15) is 14.9 Å². The molecule has 6 heteroatoms. The van der Waals surface area contributed by atoms with E-state index in [1.54, 1.807) is 19.1 Å². The van der Waals surface area contributed by atoms with E-state index in [4.69, 9.17) is 4.84 Å². The zero-order valence-electron chi connectivity index (χ0n) is 10.4. The maximum Gasteiger partial charge on any atom is 0.324 e. The number of benzene rings is 1. The maximum absolute atomic E-state index is 11.1. The number of nitro benzene ring substituents is 1. The summed E-state index contributed by atoms with van der Waals surface area (Å²) >= 11 is 0. The van der Waals surface area contributed by atoms with E-state index in [0.29, 0.717) is 18.5 Å². The van der Waals surface area contributed by atoms with Gasteiger partial charge >= 0.3 is 5.97 Å². The first-order valence-electron chi connectivity index (χ1n) is 5.71. The largest absolute Gasteiger partial charge is 0.370 e. The Bertz CT molecular complexity index is 446. The van der Waals surface area contributed by atoms with E-state index in [1.807, 2.05) is 6.92 Å².